The number of methoxy groups -OCH3 is 1. The zero-order valence-electron chi connectivity index (χ0n) is 7.72. The van der Waals surface area contributed by atoms with E-state index >= 15 is 0 Å². The third-order valence-electron chi connectivity index (χ3n) is 1.83. The molecule has 0 amide bonds. The average Bonchev–Trinajstić information content (AvgIpc) is 2.27. The van der Waals surface area contributed by atoms with E-state index in [9.17, 15) is 10.2 Å². The van der Waals surface area contributed by atoms with Crippen molar-refractivity contribution in [1.82, 2.24) is 4.98 Å². The summed E-state index contributed by atoms with van der Waals surface area (Å²) < 4.78 is 4.93. The van der Waals surface area contributed by atoms with Gasteiger partial charge in [0.2, 0.25) is 0 Å². The summed E-state index contributed by atoms with van der Waals surface area (Å²) in [5.41, 5.74) is 0.484. The van der Waals surface area contributed by atoms with E-state index in [-0.39, 0.29) is 5.88 Å². The number of hydrogen-bond acceptors (Lipinski definition) is 4. The van der Waals surface area contributed by atoms with Gasteiger partial charge in [-0.3, -0.25) is 4.98 Å². The van der Waals surface area contributed by atoms with Crippen molar-refractivity contribution in [2.24, 2.45) is 0 Å². The standard InChI is InChI=1S/C9H12ClNO3/c1-14-7-2-6(4-11-5-7)9(13)8(12)3-10/h2,4-5,8-9,12-13H,3H2,1H3. The Morgan fingerprint density at radius 1 is 1.50 bits per heavy atom. The number of halogens is 1. The van der Waals surface area contributed by atoms with Crippen molar-refractivity contribution in [2.45, 2.75) is 12.2 Å². The van der Waals surface area contributed by atoms with Gasteiger partial charge in [0.1, 0.15) is 11.9 Å². The number of aromatic nitrogens is 1. The normalized spacial score (nSPS) is 14.9. The summed E-state index contributed by atoms with van der Waals surface area (Å²) in [6.45, 7) is 0. The molecule has 0 aromatic carbocycles. The summed E-state index contributed by atoms with van der Waals surface area (Å²) in [6, 6.07) is 1.60. The molecule has 0 saturated heterocycles. The fourth-order valence-corrected chi connectivity index (χ4v) is 1.18. The van der Waals surface area contributed by atoms with Crippen LogP contribution in [0.15, 0.2) is 18.5 Å². The Hall–Kier alpha value is -0.840. The van der Waals surface area contributed by atoms with Crippen LogP contribution in [0.2, 0.25) is 0 Å². The molecule has 0 radical (unpaired) electrons. The summed E-state index contributed by atoms with van der Waals surface area (Å²) in [5.74, 6) is 0.501. The van der Waals surface area contributed by atoms with Gasteiger partial charge in [-0.25, -0.2) is 0 Å². The van der Waals surface area contributed by atoms with Crippen LogP contribution in [0.25, 0.3) is 0 Å². The van der Waals surface area contributed by atoms with Gasteiger partial charge in [-0.15, -0.1) is 11.6 Å². The van der Waals surface area contributed by atoms with Crippen LogP contribution in [0, 0.1) is 0 Å². The van der Waals surface area contributed by atoms with Gasteiger partial charge in [0, 0.05) is 11.8 Å². The van der Waals surface area contributed by atoms with Crippen molar-refractivity contribution >= 4 is 11.6 Å². The minimum absolute atomic E-state index is 0.0294. The number of hydrogen-bond donors (Lipinski definition) is 2. The molecule has 2 N–H and O–H groups in total. The fourth-order valence-electron chi connectivity index (χ4n) is 1.02. The van der Waals surface area contributed by atoms with Crippen LogP contribution in [-0.2, 0) is 0 Å². The van der Waals surface area contributed by atoms with Crippen molar-refractivity contribution in [3.63, 3.8) is 0 Å². The van der Waals surface area contributed by atoms with E-state index in [0.29, 0.717) is 11.3 Å². The van der Waals surface area contributed by atoms with Gasteiger partial charge in [0.15, 0.2) is 0 Å². The molecule has 1 aromatic rings. The quantitative estimate of drug-likeness (QED) is 0.730. The number of ether oxygens (including phenoxy) is 1. The Morgan fingerprint density at radius 2 is 2.21 bits per heavy atom. The predicted molar refractivity (Wildman–Crippen MR) is 52.5 cm³/mol. The monoisotopic (exact) mass is 217 g/mol. The molecule has 4 nitrogen and oxygen atoms in total. The predicted octanol–water partition coefficient (Wildman–Crippen LogP) is 0.723. The van der Waals surface area contributed by atoms with Gasteiger partial charge in [0.05, 0.1) is 25.3 Å². The molecule has 1 rings (SSSR count). The molecule has 1 heterocycles. The van der Waals surface area contributed by atoms with Crippen molar-refractivity contribution < 1.29 is 14.9 Å². The number of rotatable bonds is 4. The zero-order valence-corrected chi connectivity index (χ0v) is 8.48. The van der Waals surface area contributed by atoms with E-state index in [0.717, 1.165) is 0 Å². The van der Waals surface area contributed by atoms with Crippen LogP contribution in [0.1, 0.15) is 11.7 Å². The Bertz CT molecular complexity index is 295. The van der Waals surface area contributed by atoms with Crippen molar-refractivity contribution in [2.75, 3.05) is 13.0 Å². The first-order valence-corrected chi connectivity index (χ1v) is 4.63. The van der Waals surface area contributed by atoms with E-state index < -0.39 is 12.2 Å². The van der Waals surface area contributed by atoms with Crippen molar-refractivity contribution in [3.05, 3.63) is 24.0 Å². The summed E-state index contributed by atoms with van der Waals surface area (Å²) in [7, 11) is 1.51. The van der Waals surface area contributed by atoms with E-state index in [1.54, 1.807) is 6.07 Å². The highest BCUT2D eigenvalue weighted by Gasteiger charge is 2.17. The molecule has 0 saturated carbocycles. The molecule has 78 valence electrons. The SMILES string of the molecule is COc1cncc(C(O)C(O)CCl)c1. The Morgan fingerprint density at radius 3 is 2.79 bits per heavy atom. The highest BCUT2D eigenvalue weighted by Crippen LogP contribution is 2.20. The van der Waals surface area contributed by atoms with E-state index in [1.807, 2.05) is 0 Å². The second-order valence-electron chi connectivity index (χ2n) is 2.82. The lowest BCUT2D eigenvalue weighted by atomic mass is 10.1. The van der Waals surface area contributed by atoms with Crippen LogP contribution < -0.4 is 4.74 Å². The molecule has 5 heteroatoms. The van der Waals surface area contributed by atoms with Gasteiger partial charge in [-0.1, -0.05) is 0 Å². The Labute approximate surface area is 87.1 Å². The van der Waals surface area contributed by atoms with E-state index in [2.05, 4.69) is 4.98 Å². The lowest BCUT2D eigenvalue weighted by Gasteiger charge is -2.15. The van der Waals surface area contributed by atoms with Crippen LogP contribution in [0.5, 0.6) is 5.75 Å². The highest BCUT2D eigenvalue weighted by molar-refractivity contribution is 6.18. The number of pyridine rings is 1. The largest absolute Gasteiger partial charge is 0.495 e. The lowest BCUT2D eigenvalue weighted by molar-refractivity contribution is 0.0324. The van der Waals surface area contributed by atoms with Crippen LogP contribution in [-0.4, -0.2) is 34.3 Å². The van der Waals surface area contributed by atoms with Crippen LogP contribution in [0.4, 0.5) is 0 Å². The van der Waals surface area contributed by atoms with Crippen molar-refractivity contribution in [1.29, 1.82) is 0 Å². The van der Waals surface area contributed by atoms with Crippen LogP contribution in [0.3, 0.4) is 0 Å². The topological polar surface area (TPSA) is 62.6 Å². The Kier molecular flexibility index (Phi) is 4.13. The smallest absolute Gasteiger partial charge is 0.137 e. The van der Waals surface area contributed by atoms with Crippen molar-refractivity contribution in [3.8, 4) is 5.75 Å². The lowest BCUT2D eigenvalue weighted by Crippen LogP contribution is -2.19. The number of alkyl halides is 1. The maximum atomic E-state index is 9.58. The molecule has 0 fully saturated rings. The second kappa shape index (κ2) is 5.14. The molecule has 0 bridgehead atoms. The molecule has 0 aliphatic carbocycles. The van der Waals surface area contributed by atoms with Gasteiger partial charge < -0.3 is 14.9 Å². The molecule has 1 aromatic heterocycles. The van der Waals surface area contributed by atoms with Gasteiger partial charge in [-0.05, 0) is 6.07 Å². The minimum Gasteiger partial charge on any atom is -0.495 e. The summed E-state index contributed by atoms with van der Waals surface area (Å²) in [5, 5.41) is 18.9. The first-order valence-electron chi connectivity index (χ1n) is 4.10. The maximum Gasteiger partial charge on any atom is 0.137 e. The average molecular weight is 218 g/mol. The third kappa shape index (κ3) is 2.57. The van der Waals surface area contributed by atoms with E-state index in [4.69, 9.17) is 16.3 Å². The first-order chi connectivity index (χ1) is 6.69. The molecular weight excluding hydrogens is 206 g/mol. The van der Waals surface area contributed by atoms with Crippen LogP contribution >= 0.6 is 11.6 Å². The molecule has 0 aliphatic rings. The summed E-state index contributed by atoms with van der Waals surface area (Å²) >= 11 is 5.41. The molecule has 2 atom stereocenters. The summed E-state index contributed by atoms with van der Waals surface area (Å²) in [6.07, 6.45) is 0.951. The zero-order chi connectivity index (χ0) is 10.6. The molecule has 14 heavy (non-hydrogen) atoms. The number of nitrogens with zero attached hydrogens (tertiary/aromatic N) is 1. The number of aliphatic hydroxyl groups is 2. The minimum atomic E-state index is -1.03. The van der Waals surface area contributed by atoms with Gasteiger partial charge in [0.25, 0.3) is 0 Å². The van der Waals surface area contributed by atoms with E-state index in [1.165, 1.54) is 19.5 Å². The fraction of sp³-hybridized carbons (Fsp3) is 0.444. The number of aliphatic hydroxyl groups excluding tert-OH is 2. The molecular formula is C9H12ClNO3. The second-order valence-corrected chi connectivity index (χ2v) is 3.13. The van der Waals surface area contributed by atoms with Gasteiger partial charge in [-0.2, -0.15) is 0 Å². The summed E-state index contributed by atoms with van der Waals surface area (Å²) in [4.78, 5) is 3.85. The highest BCUT2D eigenvalue weighted by atomic mass is 35.5. The maximum absolute atomic E-state index is 9.58. The Balaban J connectivity index is 2.83. The van der Waals surface area contributed by atoms with Gasteiger partial charge >= 0.3 is 0 Å². The first kappa shape index (κ1) is 11.2. The third-order valence-corrected chi connectivity index (χ3v) is 2.15. The molecule has 0 aliphatic heterocycles. The molecule has 0 spiro atoms. The molecule has 2 unspecified atom stereocenters.